The van der Waals surface area contributed by atoms with Crippen LogP contribution in [-0.4, -0.2) is 57.7 Å². The van der Waals surface area contributed by atoms with E-state index in [4.69, 9.17) is 9.47 Å². The summed E-state index contributed by atoms with van der Waals surface area (Å²) in [4.78, 5) is 26.4. The second-order valence-electron chi connectivity index (χ2n) is 6.47. The highest BCUT2D eigenvalue weighted by atomic mass is 16.5. The fourth-order valence-electron chi connectivity index (χ4n) is 3.45. The fourth-order valence-corrected chi connectivity index (χ4v) is 3.45. The lowest BCUT2D eigenvalue weighted by atomic mass is 9.81. The quantitative estimate of drug-likeness (QED) is 0.817. The Morgan fingerprint density at radius 3 is 2.76 bits per heavy atom. The Labute approximate surface area is 146 Å². The predicted molar refractivity (Wildman–Crippen MR) is 88.6 cm³/mol. The molecule has 4 heterocycles. The second-order valence-corrected chi connectivity index (χ2v) is 6.47. The van der Waals surface area contributed by atoms with Crippen molar-refractivity contribution in [3.63, 3.8) is 0 Å². The molecule has 0 bridgehead atoms. The summed E-state index contributed by atoms with van der Waals surface area (Å²) in [5.41, 5.74) is 0.635. The van der Waals surface area contributed by atoms with Crippen LogP contribution in [0.5, 0.6) is 0 Å². The van der Waals surface area contributed by atoms with Crippen LogP contribution in [0.2, 0.25) is 0 Å². The first kappa shape index (κ1) is 16.1. The van der Waals surface area contributed by atoms with Crippen LogP contribution in [0.3, 0.4) is 0 Å². The molecule has 2 aliphatic heterocycles. The number of rotatable bonds is 5. The lowest BCUT2D eigenvalue weighted by Gasteiger charge is -2.49. The molecule has 0 N–H and O–H groups in total. The van der Waals surface area contributed by atoms with Crippen molar-refractivity contribution < 1.29 is 14.3 Å². The third kappa shape index (κ3) is 3.25. The second kappa shape index (κ2) is 6.85. The largest absolute Gasteiger partial charge is 0.375 e. The lowest BCUT2D eigenvalue weighted by molar-refractivity contribution is -0.129. The standard InChI is InChI=1S/C18H20N4O3/c23-17(16-20-7-3-8-21-16)22-12-18(13-22)14(5-9-25-18)10-24-11-15-4-1-2-6-19-15/h1-4,6-8,14H,5,9-13H2/t14-/m1/s1. The third-order valence-electron chi connectivity index (χ3n) is 4.86. The average Bonchev–Trinajstić information content (AvgIpc) is 3.05. The van der Waals surface area contributed by atoms with Gasteiger partial charge in [0.1, 0.15) is 5.60 Å². The Morgan fingerprint density at radius 1 is 1.20 bits per heavy atom. The molecule has 2 aromatic heterocycles. The molecule has 2 aromatic rings. The van der Waals surface area contributed by atoms with E-state index in [0.717, 1.165) is 12.1 Å². The van der Waals surface area contributed by atoms with E-state index in [9.17, 15) is 4.79 Å². The zero-order valence-corrected chi connectivity index (χ0v) is 13.9. The third-order valence-corrected chi connectivity index (χ3v) is 4.86. The Balaban J connectivity index is 1.31. The zero-order valence-electron chi connectivity index (χ0n) is 13.9. The number of hydrogen-bond acceptors (Lipinski definition) is 6. The molecule has 2 aliphatic rings. The van der Waals surface area contributed by atoms with Gasteiger partial charge in [-0.1, -0.05) is 6.07 Å². The minimum absolute atomic E-state index is 0.144. The molecule has 0 radical (unpaired) electrons. The Bertz CT molecular complexity index is 720. The van der Waals surface area contributed by atoms with Crippen LogP contribution in [0, 0.1) is 5.92 Å². The van der Waals surface area contributed by atoms with Crippen LogP contribution >= 0.6 is 0 Å². The molecule has 1 atom stereocenters. The molecule has 25 heavy (non-hydrogen) atoms. The van der Waals surface area contributed by atoms with E-state index in [1.165, 1.54) is 0 Å². The summed E-state index contributed by atoms with van der Waals surface area (Å²) in [6.07, 6.45) is 5.87. The maximum Gasteiger partial charge on any atom is 0.291 e. The van der Waals surface area contributed by atoms with Crippen molar-refractivity contribution in [3.8, 4) is 0 Å². The topological polar surface area (TPSA) is 77.4 Å². The molecule has 1 amide bonds. The van der Waals surface area contributed by atoms with Gasteiger partial charge >= 0.3 is 0 Å². The number of aromatic nitrogens is 3. The number of nitrogens with zero attached hydrogens (tertiary/aromatic N) is 4. The number of amides is 1. The van der Waals surface area contributed by atoms with E-state index < -0.39 is 0 Å². The number of carbonyl (C=O) groups is 1. The van der Waals surface area contributed by atoms with E-state index in [1.807, 2.05) is 18.2 Å². The van der Waals surface area contributed by atoms with Crippen LogP contribution in [0.4, 0.5) is 0 Å². The highest BCUT2D eigenvalue weighted by molar-refractivity contribution is 5.91. The van der Waals surface area contributed by atoms with Gasteiger partial charge in [-0.2, -0.15) is 0 Å². The van der Waals surface area contributed by atoms with E-state index in [1.54, 1.807) is 29.6 Å². The zero-order chi connectivity index (χ0) is 17.1. The fraction of sp³-hybridized carbons (Fsp3) is 0.444. The van der Waals surface area contributed by atoms with Crippen LogP contribution < -0.4 is 0 Å². The minimum atomic E-state index is -0.283. The SMILES string of the molecule is O=C(c1ncccn1)N1CC2(C1)OCC[C@@H]2COCc1ccccn1. The van der Waals surface area contributed by atoms with Gasteiger partial charge in [-0.05, 0) is 24.6 Å². The van der Waals surface area contributed by atoms with E-state index >= 15 is 0 Å². The number of carbonyl (C=O) groups excluding carboxylic acids is 1. The summed E-state index contributed by atoms with van der Waals surface area (Å²) in [7, 11) is 0. The highest BCUT2D eigenvalue weighted by Gasteiger charge is 2.54. The summed E-state index contributed by atoms with van der Waals surface area (Å²) in [5.74, 6) is 0.380. The van der Waals surface area contributed by atoms with Gasteiger partial charge in [0.2, 0.25) is 5.82 Å². The monoisotopic (exact) mass is 340 g/mol. The van der Waals surface area contributed by atoms with Crippen molar-refractivity contribution >= 4 is 5.91 Å². The number of likely N-dealkylation sites (tertiary alicyclic amines) is 1. The first-order valence-electron chi connectivity index (χ1n) is 8.45. The highest BCUT2D eigenvalue weighted by Crippen LogP contribution is 2.40. The van der Waals surface area contributed by atoms with Crippen molar-refractivity contribution in [2.45, 2.75) is 18.6 Å². The summed E-state index contributed by atoms with van der Waals surface area (Å²) in [5, 5.41) is 0. The molecule has 0 saturated carbocycles. The lowest BCUT2D eigenvalue weighted by Crippen LogP contribution is -2.66. The van der Waals surface area contributed by atoms with Gasteiger partial charge in [0.05, 0.1) is 32.0 Å². The van der Waals surface area contributed by atoms with E-state index in [-0.39, 0.29) is 23.3 Å². The summed E-state index contributed by atoms with van der Waals surface area (Å²) in [6, 6.07) is 7.49. The predicted octanol–water partition coefficient (Wildman–Crippen LogP) is 1.32. The first-order chi connectivity index (χ1) is 12.3. The van der Waals surface area contributed by atoms with Gasteiger partial charge < -0.3 is 14.4 Å². The summed E-state index contributed by atoms with van der Waals surface area (Å²) >= 11 is 0. The number of ether oxygens (including phenoxy) is 2. The number of hydrogen-bond donors (Lipinski definition) is 0. The summed E-state index contributed by atoms with van der Waals surface area (Å²) in [6.45, 7) is 2.96. The molecule has 130 valence electrons. The van der Waals surface area contributed by atoms with E-state index in [2.05, 4.69) is 15.0 Å². The number of pyridine rings is 1. The molecule has 0 unspecified atom stereocenters. The van der Waals surface area contributed by atoms with E-state index in [0.29, 0.717) is 32.9 Å². The Kier molecular flexibility index (Phi) is 4.42. The molecular formula is C18H20N4O3. The maximum atomic E-state index is 12.4. The molecule has 2 saturated heterocycles. The van der Waals surface area contributed by atoms with Gasteiger partial charge in [-0.3, -0.25) is 9.78 Å². The van der Waals surface area contributed by atoms with Crippen molar-refractivity contribution in [2.24, 2.45) is 5.92 Å². The van der Waals surface area contributed by atoms with Crippen molar-refractivity contribution in [1.82, 2.24) is 19.9 Å². The van der Waals surface area contributed by atoms with Gasteiger partial charge in [0.25, 0.3) is 5.91 Å². The van der Waals surface area contributed by atoms with Gasteiger partial charge in [0, 0.05) is 31.1 Å². The van der Waals surface area contributed by atoms with Crippen LogP contribution in [0.15, 0.2) is 42.9 Å². The molecular weight excluding hydrogens is 320 g/mol. The first-order valence-corrected chi connectivity index (χ1v) is 8.45. The molecule has 2 fully saturated rings. The molecule has 4 rings (SSSR count). The molecule has 1 spiro atoms. The molecule has 0 aromatic carbocycles. The van der Waals surface area contributed by atoms with Crippen LogP contribution in [0.1, 0.15) is 22.7 Å². The molecule has 0 aliphatic carbocycles. The average molecular weight is 340 g/mol. The van der Waals surface area contributed by atoms with Crippen molar-refractivity contribution in [2.75, 3.05) is 26.3 Å². The molecule has 7 nitrogen and oxygen atoms in total. The van der Waals surface area contributed by atoms with Crippen LogP contribution in [0.25, 0.3) is 0 Å². The van der Waals surface area contributed by atoms with Crippen molar-refractivity contribution in [1.29, 1.82) is 0 Å². The minimum Gasteiger partial charge on any atom is -0.375 e. The smallest absolute Gasteiger partial charge is 0.291 e. The Morgan fingerprint density at radius 2 is 2.00 bits per heavy atom. The normalized spacial score (nSPS) is 21.3. The molecule has 7 heteroatoms. The van der Waals surface area contributed by atoms with Gasteiger partial charge in [-0.15, -0.1) is 0 Å². The van der Waals surface area contributed by atoms with Crippen LogP contribution in [-0.2, 0) is 16.1 Å². The summed E-state index contributed by atoms with van der Waals surface area (Å²) < 4.78 is 11.8. The van der Waals surface area contributed by atoms with Crippen molar-refractivity contribution in [3.05, 3.63) is 54.4 Å². The van der Waals surface area contributed by atoms with Gasteiger partial charge in [0.15, 0.2) is 0 Å². The van der Waals surface area contributed by atoms with Gasteiger partial charge in [-0.25, -0.2) is 9.97 Å². The Hall–Kier alpha value is -2.38. The maximum absolute atomic E-state index is 12.4.